The van der Waals surface area contributed by atoms with Crippen molar-refractivity contribution in [3.63, 3.8) is 0 Å². The van der Waals surface area contributed by atoms with Crippen LogP contribution in [0.5, 0.6) is 0 Å². The highest BCUT2D eigenvalue weighted by Gasteiger charge is 2.34. The summed E-state index contributed by atoms with van der Waals surface area (Å²) >= 11 is 5.88. The molecule has 2 rings (SSSR count). The molecule has 2 aromatic rings. The van der Waals surface area contributed by atoms with Gasteiger partial charge in [0.1, 0.15) is 5.54 Å². The van der Waals surface area contributed by atoms with E-state index in [-0.39, 0.29) is 5.56 Å². The van der Waals surface area contributed by atoms with Gasteiger partial charge in [-0.3, -0.25) is 4.79 Å². The minimum absolute atomic E-state index is 0.217. The first-order valence-corrected chi connectivity index (χ1v) is 6.50. The van der Waals surface area contributed by atoms with Crippen LogP contribution in [0, 0.1) is 11.6 Å². The molecule has 0 saturated carbocycles. The molecule has 2 aromatic carbocycles. The lowest BCUT2D eigenvalue weighted by atomic mass is 9.90. The summed E-state index contributed by atoms with van der Waals surface area (Å²) in [6.45, 7) is 1.49. The Morgan fingerprint density at radius 3 is 2.48 bits per heavy atom. The van der Waals surface area contributed by atoms with E-state index in [2.05, 4.69) is 5.32 Å². The van der Waals surface area contributed by atoms with E-state index in [1.807, 2.05) is 0 Å². The maximum Gasteiger partial charge on any atom is 0.247 e. The number of nitrogens with two attached hydrogens (primary N) is 1. The van der Waals surface area contributed by atoms with Crippen molar-refractivity contribution in [2.45, 2.75) is 12.5 Å². The van der Waals surface area contributed by atoms with Gasteiger partial charge in [0.25, 0.3) is 0 Å². The van der Waals surface area contributed by atoms with Gasteiger partial charge < -0.3 is 11.1 Å². The average Bonchev–Trinajstić information content (AvgIpc) is 2.41. The number of nitrogens with one attached hydrogen (secondary N) is 1. The molecule has 0 bridgehead atoms. The SMILES string of the molecule is CC(Nc1cccc(Cl)c1)(C(N)=O)c1ccc(F)c(F)c1. The minimum atomic E-state index is -1.40. The summed E-state index contributed by atoms with van der Waals surface area (Å²) in [7, 11) is 0. The van der Waals surface area contributed by atoms with Gasteiger partial charge in [-0.05, 0) is 42.8 Å². The van der Waals surface area contributed by atoms with Gasteiger partial charge in [-0.2, -0.15) is 0 Å². The first-order valence-electron chi connectivity index (χ1n) is 6.12. The van der Waals surface area contributed by atoms with Crippen molar-refractivity contribution in [1.82, 2.24) is 0 Å². The lowest BCUT2D eigenvalue weighted by molar-refractivity contribution is -0.122. The third-order valence-electron chi connectivity index (χ3n) is 3.21. The number of carbonyl (C=O) groups is 1. The Morgan fingerprint density at radius 1 is 1.19 bits per heavy atom. The van der Waals surface area contributed by atoms with E-state index in [9.17, 15) is 13.6 Å². The Kier molecular flexibility index (Phi) is 4.14. The van der Waals surface area contributed by atoms with Crippen LogP contribution in [-0.4, -0.2) is 5.91 Å². The third-order valence-corrected chi connectivity index (χ3v) is 3.44. The van der Waals surface area contributed by atoms with Crippen LogP contribution in [-0.2, 0) is 10.3 Å². The number of halogens is 3. The summed E-state index contributed by atoms with van der Waals surface area (Å²) in [5.41, 5.74) is 4.78. The molecule has 110 valence electrons. The standard InChI is InChI=1S/C15H13ClF2N2O/c1-15(14(19)21,9-5-6-12(17)13(18)7-9)20-11-4-2-3-10(16)8-11/h2-8,20H,1H3,(H2,19,21). The van der Waals surface area contributed by atoms with Crippen LogP contribution in [0.1, 0.15) is 12.5 Å². The molecule has 1 unspecified atom stereocenters. The lowest BCUT2D eigenvalue weighted by Gasteiger charge is -2.29. The number of hydrogen-bond donors (Lipinski definition) is 2. The van der Waals surface area contributed by atoms with E-state index in [1.54, 1.807) is 24.3 Å². The second-order valence-electron chi connectivity index (χ2n) is 4.75. The molecule has 0 aromatic heterocycles. The molecule has 0 fully saturated rings. The first kappa shape index (κ1) is 15.3. The van der Waals surface area contributed by atoms with Crippen molar-refractivity contribution in [3.8, 4) is 0 Å². The molecule has 0 aliphatic heterocycles. The van der Waals surface area contributed by atoms with E-state index >= 15 is 0 Å². The molecular weight excluding hydrogens is 298 g/mol. The zero-order valence-electron chi connectivity index (χ0n) is 11.2. The van der Waals surface area contributed by atoms with E-state index in [1.165, 1.54) is 13.0 Å². The number of hydrogen-bond acceptors (Lipinski definition) is 2. The molecule has 0 heterocycles. The van der Waals surface area contributed by atoms with E-state index in [0.717, 1.165) is 12.1 Å². The molecule has 0 saturated heterocycles. The second kappa shape index (κ2) is 5.69. The van der Waals surface area contributed by atoms with Gasteiger partial charge in [0.05, 0.1) is 0 Å². The monoisotopic (exact) mass is 310 g/mol. The van der Waals surface area contributed by atoms with Gasteiger partial charge in [0.15, 0.2) is 11.6 Å². The van der Waals surface area contributed by atoms with E-state index < -0.39 is 23.1 Å². The third kappa shape index (κ3) is 3.13. The topological polar surface area (TPSA) is 55.1 Å². The molecule has 3 nitrogen and oxygen atoms in total. The van der Waals surface area contributed by atoms with Gasteiger partial charge in [-0.25, -0.2) is 8.78 Å². The van der Waals surface area contributed by atoms with Gasteiger partial charge in [0, 0.05) is 10.7 Å². The maximum absolute atomic E-state index is 13.4. The van der Waals surface area contributed by atoms with Crippen molar-refractivity contribution >= 4 is 23.2 Å². The Bertz CT molecular complexity index is 693. The quantitative estimate of drug-likeness (QED) is 0.909. The summed E-state index contributed by atoms with van der Waals surface area (Å²) in [4.78, 5) is 11.8. The number of carbonyl (C=O) groups excluding carboxylic acids is 1. The molecule has 0 aliphatic rings. The van der Waals surface area contributed by atoms with E-state index in [4.69, 9.17) is 17.3 Å². The zero-order valence-corrected chi connectivity index (χ0v) is 11.9. The Labute approximate surface area is 125 Å². The van der Waals surface area contributed by atoms with Gasteiger partial charge >= 0.3 is 0 Å². The van der Waals surface area contributed by atoms with Gasteiger partial charge in [-0.1, -0.05) is 23.7 Å². The van der Waals surface area contributed by atoms with Crippen LogP contribution in [0.2, 0.25) is 5.02 Å². The fourth-order valence-corrected chi connectivity index (χ4v) is 2.13. The summed E-state index contributed by atoms with van der Waals surface area (Å²) in [5, 5.41) is 3.38. The normalized spacial score (nSPS) is 13.5. The average molecular weight is 311 g/mol. The molecule has 0 aliphatic carbocycles. The molecular formula is C15H13ClF2N2O. The van der Waals surface area contributed by atoms with Crippen molar-refractivity contribution in [2.24, 2.45) is 5.73 Å². The number of rotatable bonds is 4. The summed E-state index contributed by atoms with van der Waals surface area (Å²) < 4.78 is 26.4. The molecule has 1 atom stereocenters. The Hall–Kier alpha value is -2.14. The summed E-state index contributed by atoms with van der Waals surface area (Å²) in [6.07, 6.45) is 0. The van der Waals surface area contributed by atoms with Crippen molar-refractivity contribution in [1.29, 1.82) is 0 Å². The highest BCUT2D eigenvalue weighted by Crippen LogP contribution is 2.28. The summed E-state index contributed by atoms with van der Waals surface area (Å²) in [5.74, 6) is -2.77. The number of primary amides is 1. The Balaban J connectivity index is 2.45. The highest BCUT2D eigenvalue weighted by molar-refractivity contribution is 6.30. The van der Waals surface area contributed by atoms with Crippen LogP contribution >= 0.6 is 11.6 Å². The molecule has 6 heteroatoms. The lowest BCUT2D eigenvalue weighted by Crippen LogP contribution is -2.45. The fourth-order valence-electron chi connectivity index (χ4n) is 1.94. The van der Waals surface area contributed by atoms with Crippen LogP contribution in [0.3, 0.4) is 0 Å². The summed E-state index contributed by atoms with van der Waals surface area (Å²) in [6, 6.07) is 9.85. The fraction of sp³-hybridized carbons (Fsp3) is 0.133. The smallest absolute Gasteiger partial charge is 0.247 e. The van der Waals surface area contributed by atoms with Crippen LogP contribution in [0.25, 0.3) is 0 Å². The zero-order chi connectivity index (χ0) is 15.6. The molecule has 21 heavy (non-hydrogen) atoms. The van der Waals surface area contributed by atoms with Gasteiger partial charge in [0.2, 0.25) is 5.91 Å². The predicted molar refractivity (Wildman–Crippen MR) is 78.0 cm³/mol. The highest BCUT2D eigenvalue weighted by atomic mass is 35.5. The number of amides is 1. The van der Waals surface area contributed by atoms with Crippen molar-refractivity contribution in [3.05, 3.63) is 64.7 Å². The maximum atomic E-state index is 13.4. The van der Waals surface area contributed by atoms with Crippen LogP contribution in [0.15, 0.2) is 42.5 Å². The van der Waals surface area contributed by atoms with Crippen LogP contribution in [0.4, 0.5) is 14.5 Å². The molecule has 0 spiro atoms. The van der Waals surface area contributed by atoms with E-state index in [0.29, 0.717) is 10.7 Å². The van der Waals surface area contributed by atoms with Gasteiger partial charge in [-0.15, -0.1) is 0 Å². The molecule has 0 radical (unpaired) electrons. The van der Waals surface area contributed by atoms with Crippen molar-refractivity contribution < 1.29 is 13.6 Å². The Morgan fingerprint density at radius 2 is 1.90 bits per heavy atom. The first-order chi connectivity index (χ1) is 9.83. The second-order valence-corrected chi connectivity index (χ2v) is 5.19. The van der Waals surface area contributed by atoms with Crippen LogP contribution < -0.4 is 11.1 Å². The minimum Gasteiger partial charge on any atom is -0.368 e. The number of benzene rings is 2. The molecule has 3 N–H and O–H groups in total. The largest absolute Gasteiger partial charge is 0.368 e. The molecule has 1 amide bonds. The van der Waals surface area contributed by atoms with Crippen molar-refractivity contribution in [2.75, 3.05) is 5.32 Å². The predicted octanol–water partition coefficient (Wildman–Crippen LogP) is 3.43. The number of anilines is 1.